The van der Waals surface area contributed by atoms with Crippen LogP contribution < -0.4 is 0 Å². The molecule has 0 aliphatic heterocycles. The Morgan fingerprint density at radius 2 is 0.621 bits per heavy atom. The summed E-state index contributed by atoms with van der Waals surface area (Å²) in [5.74, 6) is 14.6. The summed E-state index contributed by atoms with van der Waals surface area (Å²) in [5.41, 5.74) is 0. The summed E-state index contributed by atoms with van der Waals surface area (Å²) in [6.45, 7) is 15.5. The third-order valence-electron chi connectivity index (χ3n) is 17.9. The number of rotatable bonds is 9. The lowest BCUT2D eigenvalue weighted by Crippen LogP contribution is -2.29. The normalized spacial score (nSPS) is 39.6. The highest BCUT2D eigenvalue weighted by Gasteiger charge is 2.35. The Morgan fingerprint density at radius 1 is 0.362 bits per heavy atom. The lowest BCUT2D eigenvalue weighted by atomic mass is 9.65. The second kappa shape index (κ2) is 29.4. The Labute approximate surface area is 368 Å². The first-order valence-electron chi connectivity index (χ1n) is 25.7. The van der Waals surface area contributed by atoms with Crippen molar-refractivity contribution in [2.24, 2.45) is 82.9 Å². The highest BCUT2D eigenvalue weighted by Crippen LogP contribution is 2.47. The molecule has 0 spiro atoms. The van der Waals surface area contributed by atoms with Gasteiger partial charge in [-0.05, 0) is 251 Å². The molecule has 3 heteroatoms. The monoisotopic (exact) mass is 819 g/mol. The Bertz CT molecular complexity index is 1060. The summed E-state index contributed by atoms with van der Waals surface area (Å²) in [6.07, 6.45) is 56.5. The van der Waals surface area contributed by atoms with Gasteiger partial charge in [-0.1, -0.05) is 89.7 Å². The van der Waals surface area contributed by atoms with Crippen molar-refractivity contribution >= 4 is 0 Å². The fourth-order valence-corrected chi connectivity index (χ4v) is 13.8. The van der Waals surface area contributed by atoms with Crippen molar-refractivity contribution in [3.63, 3.8) is 0 Å². The van der Waals surface area contributed by atoms with E-state index in [1.54, 1.807) is 38.5 Å². The lowest BCUT2D eigenvalue weighted by Gasteiger charge is -2.41. The van der Waals surface area contributed by atoms with Crippen LogP contribution in [-0.2, 0) is 0 Å². The molecule has 7 fully saturated rings. The molecule has 0 bridgehead atoms. The fourth-order valence-electron chi connectivity index (χ4n) is 13.8. The Balaban J connectivity index is -0.000000808. The van der Waals surface area contributed by atoms with E-state index in [-0.39, 0.29) is 22.1 Å². The zero-order valence-corrected chi connectivity index (χ0v) is 39.4. The van der Waals surface area contributed by atoms with Crippen LogP contribution in [-0.4, -0.2) is 16.4 Å². The van der Waals surface area contributed by atoms with Crippen molar-refractivity contribution in [2.45, 2.75) is 227 Å². The molecule has 7 aliphatic carbocycles. The first-order chi connectivity index (χ1) is 26.8. The van der Waals surface area contributed by atoms with Gasteiger partial charge in [0.15, 0.2) is 0 Å². The van der Waals surface area contributed by atoms with Crippen LogP contribution in [0.25, 0.3) is 0 Å². The Hall–Kier alpha value is -0.900. The number of allylic oxidation sites excluding steroid dienone is 5. The molecular formula is C55H110O3. The fraction of sp³-hybridized carbons (Fsp3) is 0.891. The molecule has 0 heterocycles. The standard InChI is InChI=1S/C22H38.C17H30.C16H28.3H2O.4H2/c1-3-4-18-7-11-20(12-8-18)22-15-13-21(14-16-22)19-9-5-17(2)6-10-19;1-3-4-5-15-8-12-17(13-9-15)16-10-6-14(2)7-11-16;1-3-4-14-7-11-16(12-8-14)15-9-5-13(2)6-10-15;;;;;;;/h3,17-22H,1,4-16H2,2H3;3-4,14-17H,5-13H2,1-2H3;3-4,13-16H,5-12H2,1-2H3;3*1H2;4*1H/b;2*4-3+;;;;;;;. The molecule has 0 aromatic heterocycles. The van der Waals surface area contributed by atoms with Gasteiger partial charge in [0.25, 0.3) is 0 Å². The van der Waals surface area contributed by atoms with Crippen LogP contribution in [0, 0.1) is 82.9 Å². The van der Waals surface area contributed by atoms with Crippen LogP contribution in [0.5, 0.6) is 0 Å². The quantitative estimate of drug-likeness (QED) is 0.207. The molecule has 58 heavy (non-hydrogen) atoms. The summed E-state index contributed by atoms with van der Waals surface area (Å²) >= 11 is 0. The average Bonchev–Trinajstić information content (AvgIpc) is 3.23. The maximum atomic E-state index is 3.92. The Kier molecular flexibility index (Phi) is 27.0. The van der Waals surface area contributed by atoms with Gasteiger partial charge in [0.1, 0.15) is 0 Å². The maximum absolute atomic E-state index is 3.92. The Morgan fingerprint density at radius 3 is 0.897 bits per heavy atom. The van der Waals surface area contributed by atoms with Gasteiger partial charge in [-0.3, -0.25) is 0 Å². The summed E-state index contributed by atoms with van der Waals surface area (Å²) < 4.78 is 0. The van der Waals surface area contributed by atoms with Crippen molar-refractivity contribution in [1.29, 1.82) is 0 Å². The van der Waals surface area contributed by atoms with Crippen LogP contribution in [0.1, 0.15) is 233 Å². The zero-order chi connectivity index (χ0) is 38.8. The highest BCUT2D eigenvalue weighted by molar-refractivity contribution is 4.91. The van der Waals surface area contributed by atoms with E-state index < -0.39 is 0 Å². The van der Waals surface area contributed by atoms with E-state index >= 15 is 0 Å². The third-order valence-corrected chi connectivity index (χ3v) is 17.9. The van der Waals surface area contributed by atoms with Gasteiger partial charge in [-0.2, -0.15) is 0 Å². The lowest BCUT2D eigenvalue weighted by molar-refractivity contribution is 0.106. The molecule has 0 saturated heterocycles. The largest absolute Gasteiger partial charge is 0.412 e. The van der Waals surface area contributed by atoms with Crippen LogP contribution in [0.15, 0.2) is 37.0 Å². The molecule has 348 valence electrons. The van der Waals surface area contributed by atoms with E-state index in [9.17, 15) is 0 Å². The van der Waals surface area contributed by atoms with Gasteiger partial charge in [0.2, 0.25) is 0 Å². The number of hydrogen-bond donors (Lipinski definition) is 0. The second-order valence-corrected chi connectivity index (χ2v) is 21.8. The van der Waals surface area contributed by atoms with Crippen LogP contribution in [0.3, 0.4) is 0 Å². The molecule has 0 radical (unpaired) electrons. The van der Waals surface area contributed by atoms with Crippen LogP contribution in [0.2, 0.25) is 0 Å². The second-order valence-electron chi connectivity index (χ2n) is 21.8. The van der Waals surface area contributed by atoms with Crippen molar-refractivity contribution in [3.8, 4) is 0 Å². The highest BCUT2D eigenvalue weighted by atomic mass is 16.0. The predicted molar refractivity (Wildman–Crippen MR) is 264 cm³/mol. The van der Waals surface area contributed by atoms with Gasteiger partial charge in [0.05, 0.1) is 0 Å². The average molecular weight is 819 g/mol. The SMILES string of the molecule is C/C=C/C1CCC(C2CCC(C)CC2)CC1.C/C=C/CC1CCC(C2CCC(C)CC2)CC1.C=CCC1CCC(C2CCC(C3CCC(C)CC3)CC2)CC1.O.O.O.[HH].[HH].[HH].[HH]. The molecule has 6 N–H and O–H groups in total. The van der Waals surface area contributed by atoms with Gasteiger partial charge in [0, 0.05) is 5.71 Å². The molecule has 0 aromatic carbocycles. The van der Waals surface area contributed by atoms with Crippen LogP contribution >= 0.6 is 0 Å². The first-order valence-corrected chi connectivity index (χ1v) is 25.7. The predicted octanol–water partition coefficient (Wildman–Crippen LogP) is 16.3. The molecule has 0 unspecified atom stereocenters. The van der Waals surface area contributed by atoms with Crippen molar-refractivity contribution in [2.75, 3.05) is 0 Å². The molecule has 3 nitrogen and oxygen atoms in total. The molecule has 7 rings (SSSR count). The van der Waals surface area contributed by atoms with E-state index in [0.29, 0.717) is 0 Å². The number of hydrogen-bond acceptors (Lipinski definition) is 0. The minimum Gasteiger partial charge on any atom is -0.412 e. The van der Waals surface area contributed by atoms with E-state index in [1.165, 1.54) is 154 Å². The van der Waals surface area contributed by atoms with Crippen LogP contribution in [0.4, 0.5) is 0 Å². The summed E-state index contributed by atoms with van der Waals surface area (Å²) in [6, 6.07) is 0. The van der Waals surface area contributed by atoms with E-state index in [1.807, 2.05) is 0 Å². The summed E-state index contributed by atoms with van der Waals surface area (Å²) in [7, 11) is 0. The minimum atomic E-state index is 0. The molecule has 7 saturated carbocycles. The van der Waals surface area contributed by atoms with Crippen molar-refractivity contribution in [3.05, 3.63) is 37.0 Å². The third kappa shape index (κ3) is 17.8. The van der Waals surface area contributed by atoms with E-state index in [2.05, 4.69) is 71.6 Å². The molecule has 0 amide bonds. The van der Waals surface area contributed by atoms with Gasteiger partial charge in [-0.25, -0.2) is 0 Å². The maximum Gasteiger partial charge on any atom is 0 e. The minimum absolute atomic E-state index is 0. The molecule has 7 aliphatic rings. The van der Waals surface area contributed by atoms with Gasteiger partial charge in [-0.15, -0.1) is 6.58 Å². The molecule has 0 atom stereocenters. The summed E-state index contributed by atoms with van der Waals surface area (Å²) in [4.78, 5) is 0. The van der Waals surface area contributed by atoms with Crippen molar-refractivity contribution < 1.29 is 22.1 Å². The molecular weight excluding hydrogens is 709 g/mol. The van der Waals surface area contributed by atoms with Crippen molar-refractivity contribution in [1.82, 2.24) is 0 Å². The van der Waals surface area contributed by atoms with Gasteiger partial charge < -0.3 is 16.4 Å². The first kappa shape index (κ1) is 53.2. The topological polar surface area (TPSA) is 94.5 Å². The zero-order valence-electron chi connectivity index (χ0n) is 39.4. The van der Waals surface area contributed by atoms with Gasteiger partial charge >= 0.3 is 0 Å². The van der Waals surface area contributed by atoms with E-state index in [4.69, 9.17) is 0 Å². The summed E-state index contributed by atoms with van der Waals surface area (Å²) in [5, 5.41) is 0. The van der Waals surface area contributed by atoms with E-state index in [0.717, 1.165) is 82.9 Å². The smallest absolute Gasteiger partial charge is 0 e. The molecule has 0 aromatic rings.